The largest absolute Gasteiger partial charge is 0.497 e. The quantitative estimate of drug-likeness (QED) is 0.547. The molecule has 2 aromatic heterocycles. The SMILES string of the molecule is COc1ccc(Cn2nnnc2SCC(=O)Nc2sccc2C(N)=O)cc1. The second-order valence-electron chi connectivity index (χ2n) is 5.33. The molecule has 0 aliphatic heterocycles. The number of aromatic nitrogens is 4. The van der Waals surface area contributed by atoms with E-state index in [0.29, 0.717) is 22.3 Å². The minimum Gasteiger partial charge on any atom is -0.497 e. The molecule has 3 aromatic rings. The lowest BCUT2D eigenvalue weighted by atomic mass is 10.2. The second kappa shape index (κ2) is 8.64. The van der Waals surface area contributed by atoms with Gasteiger partial charge in [0.2, 0.25) is 11.1 Å². The van der Waals surface area contributed by atoms with Gasteiger partial charge in [0.05, 0.1) is 25.0 Å². The van der Waals surface area contributed by atoms with Crippen molar-refractivity contribution in [1.82, 2.24) is 20.2 Å². The predicted octanol–water partition coefficient (Wildman–Crippen LogP) is 1.62. The van der Waals surface area contributed by atoms with E-state index in [1.165, 1.54) is 23.1 Å². The highest BCUT2D eigenvalue weighted by molar-refractivity contribution is 7.99. The van der Waals surface area contributed by atoms with E-state index in [2.05, 4.69) is 20.8 Å². The molecular formula is C16H16N6O3S2. The Kier molecular flexibility index (Phi) is 6.04. The minimum absolute atomic E-state index is 0.0963. The van der Waals surface area contributed by atoms with Crippen molar-refractivity contribution in [2.75, 3.05) is 18.2 Å². The van der Waals surface area contributed by atoms with Gasteiger partial charge in [-0.3, -0.25) is 9.59 Å². The maximum atomic E-state index is 12.2. The van der Waals surface area contributed by atoms with E-state index in [1.54, 1.807) is 23.2 Å². The van der Waals surface area contributed by atoms with E-state index in [9.17, 15) is 9.59 Å². The minimum atomic E-state index is -0.581. The van der Waals surface area contributed by atoms with E-state index < -0.39 is 5.91 Å². The van der Waals surface area contributed by atoms with Crippen molar-refractivity contribution >= 4 is 39.9 Å². The molecule has 0 bridgehead atoms. The summed E-state index contributed by atoms with van der Waals surface area (Å²) in [6.07, 6.45) is 0. The Hall–Kier alpha value is -2.92. The number of ether oxygens (including phenoxy) is 1. The van der Waals surface area contributed by atoms with Crippen LogP contribution >= 0.6 is 23.1 Å². The van der Waals surface area contributed by atoms with Crippen molar-refractivity contribution in [3.05, 3.63) is 46.8 Å². The van der Waals surface area contributed by atoms with Gasteiger partial charge in [-0.2, -0.15) is 0 Å². The second-order valence-corrected chi connectivity index (χ2v) is 7.19. The lowest BCUT2D eigenvalue weighted by Gasteiger charge is -2.06. The summed E-state index contributed by atoms with van der Waals surface area (Å²) >= 11 is 2.44. The first-order chi connectivity index (χ1) is 13.1. The Balaban J connectivity index is 1.58. The number of nitrogens with one attached hydrogen (secondary N) is 1. The normalized spacial score (nSPS) is 10.6. The number of rotatable bonds is 8. The first-order valence-corrected chi connectivity index (χ1v) is 9.62. The van der Waals surface area contributed by atoms with Gasteiger partial charge in [0.1, 0.15) is 10.8 Å². The molecule has 0 saturated carbocycles. The predicted molar refractivity (Wildman–Crippen MR) is 102 cm³/mol. The number of methoxy groups -OCH3 is 1. The molecule has 0 aliphatic rings. The first-order valence-electron chi connectivity index (χ1n) is 7.76. The van der Waals surface area contributed by atoms with Gasteiger partial charge in [-0.1, -0.05) is 23.9 Å². The molecule has 0 atom stereocenters. The molecule has 11 heteroatoms. The van der Waals surface area contributed by atoms with Crippen molar-refractivity contribution in [2.45, 2.75) is 11.7 Å². The summed E-state index contributed by atoms with van der Waals surface area (Å²) in [7, 11) is 1.61. The number of carbonyl (C=O) groups excluding carboxylic acids is 2. The van der Waals surface area contributed by atoms with Gasteiger partial charge >= 0.3 is 0 Å². The van der Waals surface area contributed by atoms with Gasteiger partial charge in [-0.05, 0) is 39.6 Å². The van der Waals surface area contributed by atoms with E-state index in [4.69, 9.17) is 10.5 Å². The zero-order valence-corrected chi connectivity index (χ0v) is 15.9. The molecule has 1 aromatic carbocycles. The average molecular weight is 404 g/mol. The topological polar surface area (TPSA) is 125 Å². The zero-order chi connectivity index (χ0) is 19.2. The molecule has 0 fully saturated rings. The van der Waals surface area contributed by atoms with Gasteiger partial charge in [0.25, 0.3) is 5.91 Å². The highest BCUT2D eigenvalue weighted by Crippen LogP contribution is 2.23. The van der Waals surface area contributed by atoms with Crippen LogP contribution in [0.4, 0.5) is 5.00 Å². The third kappa shape index (κ3) is 4.83. The molecule has 0 aliphatic carbocycles. The van der Waals surface area contributed by atoms with Crippen LogP contribution in [0.15, 0.2) is 40.9 Å². The van der Waals surface area contributed by atoms with Crippen molar-refractivity contribution in [2.24, 2.45) is 5.73 Å². The lowest BCUT2D eigenvalue weighted by Crippen LogP contribution is -2.18. The van der Waals surface area contributed by atoms with Crippen molar-refractivity contribution < 1.29 is 14.3 Å². The van der Waals surface area contributed by atoms with Crippen LogP contribution in [0.3, 0.4) is 0 Å². The summed E-state index contributed by atoms with van der Waals surface area (Å²) in [5.74, 6) is 0.0104. The summed E-state index contributed by atoms with van der Waals surface area (Å²) in [4.78, 5) is 23.5. The smallest absolute Gasteiger partial charge is 0.251 e. The monoisotopic (exact) mass is 404 g/mol. The summed E-state index contributed by atoms with van der Waals surface area (Å²) in [6, 6.07) is 9.13. The number of nitrogens with two attached hydrogens (primary N) is 1. The summed E-state index contributed by atoms with van der Waals surface area (Å²) in [5, 5.41) is 16.9. The van der Waals surface area contributed by atoms with E-state index in [1.807, 2.05) is 24.3 Å². The van der Waals surface area contributed by atoms with Crippen molar-refractivity contribution in [3.8, 4) is 5.75 Å². The molecule has 0 unspecified atom stereocenters. The Morgan fingerprint density at radius 1 is 1.30 bits per heavy atom. The number of primary amides is 1. The molecule has 140 valence electrons. The standard InChI is InChI=1S/C16H16N6O3S2/c1-25-11-4-2-10(3-5-11)8-22-16(19-20-21-22)27-9-13(23)18-15-12(14(17)24)6-7-26-15/h2-7H,8-9H2,1H3,(H2,17,24)(H,18,23). The fourth-order valence-electron chi connectivity index (χ4n) is 2.20. The highest BCUT2D eigenvalue weighted by atomic mass is 32.2. The van der Waals surface area contributed by atoms with Crippen LogP contribution in [-0.2, 0) is 11.3 Å². The van der Waals surface area contributed by atoms with Crippen LogP contribution < -0.4 is 15.8 Å². The fraction of sp³-hybridized carbons (Fsp3) is 0.188. The molecule has 3 N–H and O–H groups in total. The molecule has 3 rings (SSSR count). The molecule has 2 heterocycles. The molecule has 2 amide bonds. The number of thiophene rings is 1. The van der Waals surface area contributed by atoms with Crippen LogP contribution in [0.25, 0.3) is 0 Å². The number of nitrogens with zero attached hydrogens (tertiary/aromatic N) is 4. The third-order valence-corrected chi connectivity index (χ3v) is 5.29. The molecule has 0 saturated heterocycles. The van der Waals surface area contributed by atoms with E-state index >= 15 is 0 Å². The van der Waals surface area contributed by atoms with E-state index in [-0.39, 0.29) is 11.7 Å². The van der Waals surface area contributed by atoms with E-state index in [0.717, 1.165) is 11.3 Å². The summed E-state index contributed by atoms with van der Waals surface area (Å²) < 4.78 is 6.75. The summed E-state index contributed by atoms with van der Waals surface area (Å²) in [5.41, 5.74) is 6.56. The Bertz CT molecular complexity index is 938. The fourth-order valence-corrected chi connectivity index (χ4v) is 3.68. The Labute approximate surface area is 162 Å². The number of tetrazole rings is 1. The lowest BCUT2D eigenvalue weighted by molar-refractivity contribution is -0.113. The maximum absolute atomic E-state index is 12.2. The molecule has 0 radical (unpaired) electrons. The van der Waals surface area contributed by atoms with Crippen LogP contribution in [-0.4, -0.2) is 44.9 Å². The first kappa shape index (κ1) is 18.9. The number of amides is 2. The number of thioether (sulfide) groups is 1. The van der Waals surface area contributed by atoms with Gasteiger partial charge in [0, 0.05) is 0 Å². The maximum Gasteiger partial charge on any atom is 0.251 e. The Morgan fingerprint density at radius 3 is 2.78 bits per heavy atom. The van der Waals surface area contributed by atoms with Crippen LogP contribution in [0.2, 0.25) is 0 Å². The zero-order valence-electron chi connectivity index (χ0n) is 14.3. The number of anilines is 1. The third-order valence-electron chi connectivity index (χ3n) is 3.51. The number of carbonyl (C=O) groups is 2. The molecular weight excluding hydrogens is 388 g/mol. The van der Waals surface area contributed by atoms with Gasteiger partial charge < -0.3 is 15.8 Å². The number of hydrogen-bond acceptors (Lipinski definition) is 8. The van der Waals surface area contributed by atoms with Crippen LogP contribution in [0, 0.1) is 0 Å². The number of hydrogen-bond donors (Lipinski definition) is 2. The highest BCUT2D eigenvalue weighted by Gasteiger charge is 2.14. The Morgan fingerprint density at radius 2 is 2.07 bits per heavy atom. The van der Waals surface area contributed by atoms with Crippen molar-refractivity contribution in [3.63, 3.8) is 0 Å². The number of benzene rings is 1. The summed E-state index contributed by atoms with van der Waals surface area (Å²) in [6.45, 7) is 0.470. The van der Waals surface area contributed by atoms with Crippen molar-refractivity contribution in [1.29, 1.82) is 0 Å². The van der Waals surface area contributed by atoms with Gasteiger partial charge in [-0.25, -0.2) is 4.68 Å². The molecule has 27 heavy (non-hydrogen) atoms. The molecule has 0 spiro atoms. The van der Waals surface area contributed by atoms with Crippen LogP contribution in [0.1, 0.15) is 15.9 Å². The van der Waals surface area contributed by atoms with Crippen LogP contribution in [0.5, 0.6) is 5.75 Å². The average Bonchev–Trinajstić information content (AvgIpc) is 3.30. The van der Waals surface area contributed by atoms with Gasteiger partial charge in [-0.15, -0.1) is 16.4 Å². The molecule has 9 nitrogen and oxygen atoms in total. The van der Waals surface area contributed by atoms with Gasteiger partial charge in [0.15, 0.2) is 0 Å².